The molecule has 1 saturated carbocycles. The fourth-order valence-corrected chi connectivity index (χ4v) is 19.6. The van der Waals surface area contributed by atoms with E-state index in [2.05, 4.69) is 207 Å². The third kappa shape index (κ3) is 8.69. The van der Waals surface area contributed by atoms with Crippen LogP contribution >= 0.6 is 0 Å². The Bertz CT molecular complexity index is 2610. The maximum atomic E-state index is 2.79. The van der Waals surface area contributed by atoms with Gasteiger partial charge in [-0.1, -0.05) is 0 Å². The Morgan fingerprint density at radius 1 is 0.581 bits per heavy atom. The molecule has 3 heteroatoms. The van der Waals surface area contributed by atoms with Crippen molar-refractivity contribution in [3.05, 3.63) is 194 Å². The van der Waals surface area contributed by atoms with Crippen LogP contribution in [0.15, 0.2) is 161 Å². The van der Waals surface area contributed by atoms with E-state index in [-0.39, 0.29) is 41.1 Å². The monoisotopic (exact) mass is 930 g/mol. The number of hydrogen-bond acceptors (Lipinski definition) is 0. The Kier molecular flexibility index (Phi) is 13.6. The van der Waals surface area contributed by atoms with Crippen molar-refractivity contribution in [2.75, 3.05) is 0 Å². The van der Waals surface area contributed by atoms with Gasteiger partial charge >= 0.3 is 371 Å². The molecule has 1 unspecified atom stereocenters. The first kappa shape index (κ1) is 46.1. The van der Waals surface area contributed by atoms with E-state index in [9.17, 15) is 0 Å². The van der Waals surface area contributed by atoms with Gasteiger partial charge in [0.25, 0.3) is 0 Å². The molecule has 3 aliphatic carbocycles. The Morgan fingerprint density at radius 2 is 1.08 bits per heavy atom. The molecule has 0 aromatic heterocycles. The second-order valence-corrected chi connectivity index (χ2v) is 26.0. The first-order valence-electron chi connectivity index (χ1n) is 22.6. The summed E-state index contributed by atoms with van der Waals surface area (Å²) in [7, 11) is 0. The molecule has 0 N–H and O–H groups in total. The van der Waals surface area contributed by atoms with Crippen LogP contribution in [-0.4, -0.2) is 3.21 Å². The summed E-state index contributed by atoms with van der Waals surface area (Å²) in [6, 6.07) is 53.6. The van der Waals surface area contributed by atoms with Gasteiger partial charge in [0.05, 0.1) is 0 Å². The van der Waals surface area contributed by atoms with E-state index in [1.54, 1.807) is 20.9 Å². The summed E-state index contributed by atoms with van der Waals surface area (Å²) in [5.74, 6) is 0.383. The van der Waals surface area contributed by atoms with E-state index >= 15 is 0 Å². The molecular weight excluding hydrogens is 871 g/mol. The minimum Gasteiger partial charge on any atom is -1.00 e. The Balaban J connectivity index is 0.00000289. The number of rotatable bonds is 7. The van der Waals surface area contributed by atoms with E-state index in [1.165, 1.54) is 93.3 Å². The van der Waals surface area contributed by atoms with Gasteiger partial charge in [0.2, 0.25) is 0 Å². The number of fused-ring (bicyclic) bond motifs is 3. The van der Waals surface area contributed by atoms with Gasteiger partial charge in [-0.05, 0) is 0 Å². The third-order valence-electron chi connectivity index (χ3n) is 13.9. The zero-order chi connectivity index (χ0) is 41.8. The van der Waals surface area contributed by atoms with Gasteiger partial charge in [-0.25, -0.2) is 0 Å². The van der Waals surface area contributed by atoms with Gasteiger partial charge < -0.3 is 24.8 Å². The first-order chi connectivity index (χ1) is 28.8. The van der Waals surface area contributed by atoms with Crippen molar-refractivity contribution in [3.63, 3.8) is 0 Å². The quantitative estimate of drug-likeness (QED) is 0.150. The molecule has 62 heavy (non-hydrogen) atoms. The molecule has 0 aliphatic heterocycles. The summed E-state index contributed by atoms with van der Waals surface area (Å²) in [4.78, 5) is 0. The number of halogens is 2. The van der Waals surface area contributed by atoms with E-state index < -0.39 is 21.3 Å². The molecule has 6 aromatic carbocycles. The third-order valence-corrected chi connectivity index (χ3v) is 22.0. The molecule has 0 amide bonds. The predicted molar refractivity (Wildman–Crippen MR) is 255 cm³/mol. The summed E-state index contributed by atoms with van der Waals surface area (Å²) in [6.45, 7) is 19.6. The fourth-order valence-electron chi connectivity index (χ4n) is 10.7. The molecule has 0 radical (unpaired) electrons. The topological polar surface area (TPSA) is 0 Å². The average Bonchev–Trinajstić information content (AvgIpc) is 3.83. The Hall–Kier alpha value is -3.87. The SMILES string of the molecule is CC1C=C(C2(C)CCCCC2)C=[C]1[Zr+2](=[C](c1ccccc1)c1ccccc1)[c]1c2c(cc(C(C)(C)C)c1-c1ccccc1)-c1cc(C(C)(C)C)c(-c3ccccc3)cc1C2.[Cl-].[Cl-]. The summed E-state index contributed by atoms with van der Waals surface area (Å²) in [5.41, 5.74) is 18.9. The van der Waals surface area contributed by atoms with Crippen molar-refractivity contribution in [2.45, 2.75) is 105 Å². The van der Waals surface area contributed by atoms with Crippen LogP contribution in [-0.2, 0) is 38.5 Å². The van der Waals surface area contributed by atoms with Crippen molar-refractivity contribution in [1.82, 2.24) is 0 Å². The minimum absolute atomic E-state index is 0. The first-order valence-corrected chi connectivity index (χ1v) is 26.3. The molecule has 0 nitrogen and oxygen atoms in total. The molecule has 1 fully saturated rings. The molecule has 0 bridgehead atoms. The minimum atomic E-state index is -3.22. The molecule has 6 aromatic rings. The van der Waals surface area contributed by atoms with Crippen LogP contribution in [0.5, 0.6) is 0 Å². The van der Waals surface area contributed by atoms with Gasteiger partial charge in [-0.2, -0.15) is 0 Å². The van der Waals surface area contributed by atoms with Crippen LogP contribution in [0, 0.1) is 11.3 Å². The van der Waals surface area contributed by atoms with E-state index in [0.29, 0.717) is 5.92 Å². The molecule has 1 atom stereocenters. The van der Waals surface area contributed by atoms with Gasteiger partial charge in [0.15, 0.2) is 0 Å². The summed E-state index contributed by atoms with van der Waals surface area (Å²) >= 11 is -3.22. The van der Waals surface area contributed by atoms with Gasteiger partial charge in [-0.15, -0.1) is 0 Å². The second kappa shape index (κ2) is 18.3. The van der Waals surface area contributed by atoms with Crippen molar-refractivity contribution < 1.29 is 46.1 Å². The second-order valence-electron chi connectivity index (χ2n) is 20.3. The van der Waals surface area contributed by atoms with Crippen molar-refractivity contribution in [1.29, 1.82) is 0 Å². The van der Waals surface area contributed by atoms with E-state index in [4.69, 9.17) is 0 Å². The molecule has 316 valence electrons. The zero-order valence-corrected chi connectivity index (χ0v) is 42.0. The van der Waals surface area contributed by atoms with Crippen LogP contribution < -0.4 is 28.1 Å². The van der Waals surface area contributed by atoms with Crippen molar-refractivity contribution >= 4 is 6.48 Å². The maximum Gasteiger partial charge on any atom is -1.00 e. The van der Waals surface area contributed by atoms with Crippen molar-refractivity contribution in [2.24, 2.45) is 11.3 Å². The normalized spacial score (nSPS) is 16.4. The van der Waals surface area contributed by atoms with Crippen LogP contribution in [0.3, 0.4) is 0 Å². The molecule has 0 spiro atoms. The van der Waals surface area contributed by atoms with Crippen molar-refractivity contribution in [3.8, 4) is 33.4 Å². The summed E-state index contributed by atoms with van der Waals surface area (Å²) in [6.07, 6.45) is 13.1. The van der Waals surface area contributed by atoms with E-state index in [1.807, 2.05) is 0 Å². The summed E-state index contributed by atoms with van der Waals surface area (Å²) in [5, 5.41) is 0. The summed E-state index contributed by atoms with van der Waals surface area (Å²) < 4.78 is 5.01. The number of benzene rings is 6. The van der Waals surface area contributed by atoms with Crippen LogP contribution in [0.25, 0.3) is 33.4 Å². The number of hydrogen-bond donors (Lipinski definition) is 0. The van der Waals surface area contributed by atoms with Gasteiger partial charge in [0, 0.05) is 0 Å². The standard InChI is InChI=1S/C33H33.C13H19.C13H10.2ClH.Zr/c1-32(2,3)30-20-26-24(18-28(30)22-13-9-7-10-14-22)17-25-19-29(23-15-11-8-12-16-23)31(21-27(25)26)33(4,5)6;1-11-6-7-12(10-11)13(2)8-4-3-5-9-13;1-3-7-12(8-4-1)11-13-9-5-2-6-10-13;;;/h7-16,18,20-21H,17H2,1-6H3;7,10-11H,3-5,8-9H2,1-2H3;1-10H;2*1H;/q;;;;;+2/p-2. The molecule has 0 heterocycles. The van der Waals surface area contributed by atoms with Gasteiger partial charge in [0.1, 0.15) is 0 Å². The van der Waals surface area contributed by atoms with Crippen LogP contribution in [0.4, 0.5) is 0 Å². The van der Waals surface area contributed by atoms with E-state index in [0.717, 1.165) is 6.42 Å². The Morgan fingerprint density at radius 3 is 1.61 bits per heavy atom. The Labute approximate surface area is 393 Å². The molecule has 3 aliphatic rings. The zero-order valence-electron chi connectivity index (χ0n) is 38.0. The van der Waals surface area contributed by atoms with Gasteiger partial charge in [-0.3, -0.25) is 0 Å². The fraction of sp³-hybridized carbons (Fsp3) is 0.305. The molecular formula is C59H62Cl2Zr. The molecule has 9 rings (SSSR count). The van der Waals surface area contributed by atoms with Crippen LogP contribution in [0.2, 0.25) is 0 Å². The number of allylic oxidation sites excluding steroid dienone is 4. The largest absolute Gasteiger partial charge is 1.00 e. The maximum absolute atomic E-state index is 3.22. The molecule has 0 saturated heterocycles. The van der Waals surface area contributed by atoms with Crippen LogP contribution in [0.1, 0.15) is 121 Å². The average molecular weight is 933 g/mol. The smallest absolute Gasteiger partial charge is 1.00 e. The predicted octanol–water partition coefficient (Wildman–Crippen LogP) is 9.14.